The van der Waals surface area contributed by atoms with Crippen LogP contribution in [-0.4, -0.2) is 19.2 Å². The molecule has 0 aromatic rings. The van der Waals surface area contributed by atoms with E-state index in [0.717, 1.165) is 13.0 Å². The van der Waals surface area contributed by atoms with Gasteiger partial charge >= 0.3 is 6.09 Å². The smallest absolute Gasteiger partial charge is 0.407 e. The van der Waals surface area contributed by atoms with E-state index in [0.29, 0.717) is 17.9 Å². The van der Waals surface area contributed by atoms with Crippen LogP contribution in [0.5, 0.6) is 0 Å². The van der Waals surface area contributed by atoms with E-state index in [1.807, 2.05) is 13.8 Å². The standard InChI is InChI=1S/C14H29NO2/c1-12(2)11-17-13(16)15-10-8-6-7-9-14(3,4)5/h12H,6-11H2,1-5H3,(H,15,16). The Morgan fingerprint density at radius 2 is 1.82 bits per heavy atom. The molecule has 0 radical (unpaired) electrons. The number of carbonyl (C=O) groups is 1. The predicted octanol–water partition coefficient (Wildman–Crippen LogP) is 3.98. The summed E-state index contributed by atoms with van der Waals surface area (Å²) in [7, 11) is 0. The van der Waals surface area contributed by atoms with Crippen LogP contribution in [0.15, 0.2) is 0 Å². The van der Waals surface area contributed by atoms with Crippen molar-refractivity contribution in [2.45, 2.75) is 60.3 Å². The second kappa shape index (κ2) is 8.37. The normalized spacial score (nSPS) is 11.6. The summed E-state index contributed by atoms with van der Waals surface area (Å²) in [4.78, 5) is 11.2. The fourth-order valence-electron chi connectivity index (χ4n) is 1.44. The first-order valence-electron chi connectivity index (χ1n) is 6.72. The van der Waals surface area contributed by atoms with E-state index in [-0.39, 0.29) is 6.09 Å². The highest BCUT2D eigenvalue weighted by Gasteiger charge is 2.08. The van der Waals surface area contributed by atoms with E-state index in [2.05, 4.69) is 26.1 Å². The summed E-state index contributed by atoms with van der Waals surface area (Å²) in [5, 5.41) is 2.77. The van der Waals surface area contributed by atoms with E-state index in [4.69, 9.17) is 4.74 Å². The number of amides is 1. The summed E-state index contributed by atoms with van der Waals surface area (Å²) in [6, 6.07) is 0. The molecule has 0 aliphatic carbocycles. The molecule has 0 saturated carbocycles. The molecule has 0 aromatic carbocycles. The fourth-order valence-corrected chi connectivity index (χ4v) is 1.44. The Balaban J connectivity index is 3.31. The summed E-state index contributed by atoms with van der Waals surface area (Å²) in [5.74, 6) is 0.396. The van der Waals surface area contributed by atoms with Gasteiger partial charge in [-0.15, -0.1) is 0 Å². The lowest BCUT2D eigenvalue weighted by molar-refractivity contribution is 0.133. The molecule has 0 saturated heterocycles. The van der Waals surface area contributed by atoms with Crippen molar-refractivity contribution < 1.29 is 9.53 Å². The fraction of sp³-hybridized carbons (Fsp3) is 0.929. The van der Waals surface area contributed by atoms with E-state index in [9.17, 15) is 4.79 Å². The summed E-state index contributed by atoms with van der Waals surface area (Å²) in [6.07, 6.45) is 4.39. The van der Waals surface area contributed by atoms with Gasteiger partial charge in [0.25, 0.3) is 0 Å². The van der Waals surface area contributed by atoms with Crippen LogP contribution in [0, 0.1) is 11.3 Å². The molecule has 3 heteroatoms. The molecule has 0 bridgehead atoms. The first kappa shape index (κ1) is 16.3. The molecule has 1 N–H and O–H groups in total. The molecule has 0 rings (SSSR count). The number of carbonyl (C=O) groups excluding carboxylic acids is 1. The van der Waals surface area contributed by atoms with E-state index in [1.165, 1.54) is 19.3 Å². The van der Waals surface area contributed by atoms with E-state index in [1.54, 1.807) is 0 Å². The Hall–Kier alpha value is -0.730. The predicted molar refractivity (Wildman–Crippen MR) is 72.1 cm³/mol. The van der Waals surface area contributed by atoms with Crippen LogP contribution in [0.3, 0.4) is 0 Å². The highest BCUT2D eigenvalue weighted by molar-refractivity contribution is 5.66. The third kappa shape index (κ3) is 13.2. The molecule has 0 spiro atoms. The summed E-state index contributed by atoms with van der Waals surface area (Å²) >= 11 is 0. The van der Waals surface area contributed by atoms with Crippen molar-refractivity contribution in [1.29, 1.82) is 0 Å². The van der Waals surface area contributed by atoms with Gasteiger partial charge in [-0.2, -0.15) is 0 Å². The van der Waals surface area contributed by atoms with Gasteiger partial charge in [-0.25, -0.2) is 4.79 Å². The lowest BCUT2D eigenvalue weighted by Gasteiger charge is -2.17. The molecular formula is C14H29NO2. The van der Waals surface area contributed by atoms with Gasteiger partial charge in [0.05, 0.1) is 6.61 Å². The van der Waals surface area contributed by atoms with Crippen molar-refractivity contribution in [3.8, 4) is 0 Å². The van der Waals surface area contributed by atoms with Crippen LogP contribution in [0.2, 0.25) is 0 Å². The molecule has 0 heterocycles. The number of nitrogens with one attached hydrogen (secondary N) is 1. The average molecular weight is 243 g/mol. The molecule has 1 amide bonds. The van der Waals surface area contributed by atoms with Gasteiger partial charge < -0.3 is 10.1 Å². The van der Waals surface area contributed by atoms with Crippen LogP contribution in [-0.2, 0) is 4.74 Å². The SMILES string of the molecule is CC(C)COC(=O)NCCCCCC(C)(C)C. The molecule has 17 heavy (non-hydrogen) atoms. The Labute approximate surface area is 106 Å². The number of rotatable bonds is 7. The minimum atomic E-state index is -0.283. The largest absolute Gasteiger partial charge is 0.449 e. The minimum absolute atomic E-state index is 0.283. The van der Waals surface area contributed by atoms with Gasteiger partial charge in [-0.3, -0.25) is 0 Å². The molecule has 102 valence electrons. The molecule has 3 nitrogen and oxygen atoms in total. The summed E-state index contributed by atoms with van der Waals surface area (Å²) < 4.78 is 5.01. The molecule has 0 aromatic heterocycles. The lowest BCUT2D eigenvalue weighted by atomic mass is 9.89. The van der Waals surface area contributed by atoms with Gasteiger partial charge in [0.15, 0.2) is 0 Å². The van der Waals surface area contributed by atoms with Crippen molar-refractivity contribution >= 4 is 6.09 Å². The van der Waals surface area contributed by atoms with Crippen LogP contribution in [0.25, 0.3) is 0 Å². The molecule has 0 fully saturated rings. The van der Waals surface area contributed by atoms with Crippen molar-refractivity contribution in [2.75, 3.05) is 13.2 Å². The minimum Gasteiger partial charge on any atom is -0.449 e. The monoisotopic (exact) mass is 243 g/mol. The van der Waals surface area contributed by atoms with E-state index < -0.39 is 0 Å². The maximum atomic E-state index is 11.2. The first-order valence-corrected chi connectivity index (χ1v) is 6.72. The van der Waals surface area contributed by atoms with Gasteiger partial charge in [-0.1, -0.05) is 47.5 Å². The molecular weight excluding hydrogens is 214 g/mol. The van der Waals surface area contributed by atoms with Gasteiger partial charge in [-0.05, 0) is 24.2 Å². The van der Waals surface area contributed by atoms with Crippen LogP contribution < -0.4 is 5.32 Å². The van der Waals surface area contributed by atoms with Crippen molar-refractivity contribution in [1.82, 2.24) is 5.32 Å². The van der Waals surface area contributed by atoms with Crippen LogP contribution in [0.4, 0.5) is 4.79 Å². The van der Waals surface area contributed by atoms with Crippen LogP contribution in [0.1, 0.15) is 60.3 Å². The topological polar surface area (TPSA) is 38.3 Å². The zero-order valence-electron chi connectivity index (χ0n) is 12.1. The first-order chi connectivity index (χ1) is 7.81. The van der Waals surface area contributed by atoms with Crippen molar-refractivity contribution in [3.05, 3.63) is 0 Å². The third-order valence-corrected chi connectivity index (χ3v) is 2.42. The Morgan fingerprint density at radius 1 is 1.18 bits per heavy atom. The lowest BCUT2D eigenvalue weighted by Crippen LogP contribution is -2.26. The highest BCUT2D eigenvalue weighted by atomic mass is 16.5. The number of hydrogen-bond acceptors (Lipinski definition) is 2. The Morgan fingerprint density at radius 3 is 2.35 bits per heavy atom. The van der Waals surface area contributed by atoms with Gasteiger partial charge in [0, 0.05) is 6.54 Å². The quantitative estimate of drug-likeness (QED) is 0.687. The second-order valence-corrected chi connectivity index (χ2v) is 6.29. The van der Waals surface area contributed by atoms with Gasteiger partial charge in [0.2, 0.25) is 0 Å². The Kier molecular flexibility index (Phi) is 8.01. The zero-order chi connectivity index (χ0) is 13.3. The average Bonchev–Trinajstić information content (AvgIpc) is 2.18. The maximum Gasteiger partial charge on any atom is 0.407 e. The second-order valence-electron chi connectivity index (χ2n) is 6.29. The third-order valence-electron chi connectivity index (χ3n) is 2.42. The van der Waals surface area contributed by atoms with Crippen molar-refractivity contribution in [2.24, 2.45) is 11.3 Å². The number of alkyl carbamates (subject to hydrolysis) is 1. The summed E-state index contributed by atoms with van der Waals surface area (Å²) in [6.45, 7) is 12.0. The Bertz CT molecular complexity index is 207. The van der Waals surface area contributed by atoms with Gasteiger partial charge in [0.1, 0.15) is 0 Å². The van der Waals surface area contributed by atoms with E-state index >= 15 is 0 Å². The molecule has 0 aliphatic rings. The number of hydrogen-bond donors (Lipinski definition) is 1. The highest BCUT2D eigenvalue weighted by Crippen LogP contribution is 2.21. The molecule has 0 atom stereocenters. The number of ether oxygens (including phenoxy) is 1. The van der Waals surface area contributed by atoms with Crippen molar-refractivity contribution in [3.63, 3.8) is 0 Å². The maximum absolute atomic E-state index is 11.2. The number of unbranched alkanes of at least 4 members (excludes halogenated alkanes) is 2. The molecule has 0 unspecified atom stereocenters. The van der Waals surface area contributed by atoms with Crippen LogP contribution >= 0.6 is 0 Å². The molecule has 0 aliphatic heterocycles. The zero-order valence-corrected chi connectivity index (χ0v) is 12.1. The summed E-state index contributed by atoms with van der Waals surface area (Å²) in [5.41, 5.74) is 0.420.